The zero-order valence-electron chi connectivity index (χ0n) is 12.3. The molecule has 4 aliphatic carbocycles. The van der Waals surface area contributed by atoms with Crippen molar-refractivity contribution in [3.05, 3.63) is 22.3 Å². The third-order valence-corrected chi connectivity index (χ3v) is 5.06. The molecule has 3 saturated carbocycles. The van der Waals surface area contributed by atoms with Crippen molar-refractivity contribution in [1.82, 2.24) is 0 Å². The largest absolute Gasteiger partial charge is 0.0570 e. The van der Waals surface area contributed by atoms with E-state index in [1.54, 1.807) is 11.1 Å². The smallest absolute Gasteiger partial charge is 0.00859 e. The van der Waals surface area contributed by atoms with E-state index in [9.17, 15) is 0 Å². The Bertz CT molecular complexity index is 386. The molecule has 0 unspecified atom stereocenters. The predicted octanol–water partition coefficient (Wildman–Crippen LogP) is 5.12. The Hall–Kier alpha value is -0.520. The summed E-state index contributed by atoms with van der Waals surface area (Å²) in [4.78, 5) is 0. The van der Waals surface area contributed by atoms with E-state index < -0.39 is 0 Å². The van der Waals surface area contributed by atoms with Crippen LogP contribution in [0.5, 0.6) is 0 Å². The van der Waals surface area contributed by atoms with Crippen LogP contribution in [0.25, 0.3) is 0 Å². The van der Waals surface area contributed by atoms with Crippen LogP contribution < -0.4 is 0 Å². The van der Waals surface area contributed by atoms with Crippen LogP contribution in [0.2, 0.25) is 0 Å². The minimum absolute atomic E-state index is 0.366. The van der Waals surface area contributed by atoms with Gasteiger partial charge in [0.05, 0.1) is 0 Å². The first-order valence-corrected chi connectivity index (χ1v) is 7.17. The number of hydrogen-bond acceptors (Lipinski definition) is 0. The van der Waals surface area contributed by atoms with Gasteiger partial charge >= 0.3 is 0 Å². The topological polar surface area (TPSA) is 0 Å². The summed E-state index contributed by atoms with van der Waals surface area (Å²) in [7, 11) is 0. The third-order valence-electron chi connectivity index (χ3n) is 5.06. The summed E-state index contributed by atoms with van der Waals surface area (Å²) < 4.78 is 0. The molecule has 3 fully saturated rings. The molecule has 0 spiro atoms. The lowest BCUT2D eigenvalue weighted by atomic mass is 9.73. The van der Waals surface area contributed by atoms with Gasteiger partial charge in [0.25, 0.3) is 0 Å². The van der Waals surface area contributed by atoms with Gasteiger partial charge in [0.1, 0.15) is 0 Å². The van der Waals surface area contributed by atoms with Crippen molar-refractivity contribution in [1.29, 1.82) is 0 Å². The van der Waals surface area contributed by atoms with E-state index in [0.29, 0.717) is 10.8 Å². The quantitative estimate of drug-likeness (QED) is 0.542. The maximum atomic E-state index is 2.40. The average Bonchev–Trinajstić information content (AvgIpc) is 2.54. The fraction of sp³-hybridized carbons (Fsp3) is 0.765. The molecule has 0 radical (unpaired) electrons. The van der Waals surface area contributed by atoms with Crippen LogP contribution in [0.1, 0.15) is 60.8 Å². The second-order valence-electron chi connectivity index (χ2n) is 8.33. The van der Waals surface area contributed by atoms with E-state index in [2.05, 4.69) is 41.5 Å². The second kappa shape index (κ2) is 3.08. The molecule has 0 saturated heterocycles. The van der Waals surface area contributed by atoms with Gasteiger partial charge in [-0.3, -0.25) is 0 Å². The van der Waals surface area contributed by atoms with Crippen LogP contribution in [-0.2, 0) is 0 Å². The summed E-state index contributed by atoms with van der Waals surface area (Å²) in [5, 5.41) is 0. The zero-order chi connectivity index (χ0) is 12.6. The molecule has 0 nitrogen and oxygen atoms in total. The molecule has 0 aromatic rings. The van der Waals surface area contributed by atoms with Crippen molar-refractivity contribution >= 4 is 0 Å². The van der Waals surface area contributed by atoms with Gasteiger partial charge in [0.2, 0.25) is 0 Å². The molecule has 94 valence electrons. The normalized spacial score (nSPS) is 32.1. The summed E-state index contributed by atoms with van der Waals surface area (Å²) in [5.74, 6) is 1.87. The summed E-state index contributed by atoms with van der Waals surface area (Å²) in [5.41, 5.74) is 7.89. The van der Waals surface area contributed by atoms with Gasteiger partial charge in [-0.1, -0.05) is 52.7 Å². The molecule has 0 heterocycles. The van der Waals surface area contributed by atoms with Gasteiger partial charge in [-0.05, 0) is 53.1 Å². The SMILES string of the molecule is CC(C)(C)C1=C2C(=C(C(C)(C)C)C1)C1CC2C1. The number of rotatable bonds is 0. The van der Waals surface area contributed by atoms with E-state index in [1.165, 1.54) is 19.3 Å². The highest BCUT2D eigenvalue weighted by Gasteiger charge is 2.51. The summed E-state index contributed by atoms with van der Waals surface area (Å²) in [6.07, 6.45) is 4.19. The molecular formula is C17H26. The second-order valence-corrected chi connectivity index (χ2v) is 8.33. The molecule has 0 amide bonds. The summed E-state index contributed by atoms with van der Waals surface area (Å²) >= 11 is 0. The molecule has 4 aliphatic rings. The fourth-order valence-electron chi connectivity index (χ4n) is 4.05. The predicted molar refractivity (Wildman–Crippen MR) is 73.8 cm³/mol. The minimum Gasteiger partial charge on any atom is -0.0570 e. The molecule has 0 aliphatic heterocycles. The van der Waals surface area contributed by atoms with Crippen LogP contribution >= 0.6 is 0 Å². The highest BCUT2D eigenvalue weighted by atomic mass is 14.6. The van der Waals surface area contributed by atoms with Crippen LogP contribution in [-0.4, -0.2) is 0 Å². The Morgan fingerprint density at radius 3 is 1.35 bits per heavy atom. The zero-order valence-corrected chi connectivity index (χ0v) is 12.3. The van der Waals surface area contributed by atoms with Crippen molar-refractivity contribution < 1.29 is 0 Å². The summed E-state index contributed by atoms with van der Waals surface area (Å²) in [6.45, 7) is 14.4. The molecule has 0 aromatic carbocycles. The minimum atomic E-state index is 0.366. The highest BCUT2D eigenvalue weighted by Crippen LogP contribution is 2.65. The molecule has 0 aromatic heterocycles. The molecular weight excluding hydrogens is 204 g/mol. The first kappa shape index (κ1) is 11.6. The first-order valence-electron chi connectivity index (χ1n) is 7.17. The molecule has 0 N–H and O–H groups in total. The number of hydrogen-bond donors (Lipinski definition) is 0. The molecule has 2 bridgehead atoms. The van der Waals surface area contributed by atoms with Crippen LogP contribution in [0.3, 0.4) is 0 Å². The number of allylic oxidation sites excluding steroid dienone is 4. The van der Waals surface area contributed by atoms with E-state index >= 15 is 0 Å². The van der Waals surface area contributed by atoms with E-state index in [0.717, 1.165) is 11.8 Å². The Kier molecular flexibility index (Phi) is 2.09. The average molecular weight is 230 g/mol. The maximum absolute atomic E-state index is 2.40. The fourth-order valence-corrected chi connectivity index (χ4v) is 4.05. The Morgan fingerprint density at radius 1 is 0.706 bits per heavy atom. The van der Waals surface area contributed by atoms with E-state index in [4.69, 9.17) is 0 Å². The lowest BCUT2D eigenvalue weighted by molar-refractivity contribution is 0.324. The standard InChI is InChI=1S/C17H26/c1-16(2,3)12-9-13(17(4,5)6)15-11-7-10(8-11)14(12)15/h10-11H,7-9H2,1-6H3. The van der Waals surface area contributed by atoms with Crippen molar-refractivity contribution in [3.63, 3.8) is 0 Å². The van der Waals surface area contributed by atoms with E-state index in [1.807, 2.05) is 11.1 Å². The van der Waals surface area contributed by atoms with Gasteiger partial charge in [0.15, 0.2) is 0 Å². The summed E-state index contributed by atoms with van der Waals surface area (Å²) in [6, 6.07) is 0. The van der Waals surface area contributed by atoms with Crippen molar-refractivity contribution in [2.75, 3.05) is 0 Å². The maximum Gasteiger partial charge on any atom is -0.00859 e. The molecule has 4 rings (SSSR count). The van der Waals surface area contributed by atoms with Gasteiger partial charge in [0, 0.05) is 0 Å². The lowest BCUT2D eigenvalue weighted by Gasteiger charge is -2.31. The molecule has 0 atom stereocenters. The van der Waals surface area contributed by atoms with Gasteiger partial charge in [-0.2, -0.15) is 0 Å². The van der Waals surface area contributed by atoms with Crippen LogP contribution in [0, 0.1) is 22.7 Å². The van der Waals surface area contributed by atoms with Gasteiger partial charge in [-0.25, -0.2) is 0 Å². The van der Waals surface area contributed by atoms with Crippen molar-refractivity contribution in [2.24, 2.45) is 22.7 Å². The van der Waals surface area contributed by atoms with Gasteiger partial charge < -0.3 is 0 Å². The Balaban J connectivity index is 2.11. The Morgan fingerprint density at radius 2 is 1.06 bits per heavy atom. The van der Waals surface area contributed by atoms with Gasteiger partial charge in [-0.15, -0.1) is 0 Å². The Labute approximate surface area is 106 Å². The monoisotopic (exact) mass is 230 g/mol. The molecule has 17 heavy (non-hydrogen) atoms. The highest BCUT2D eigenvalue weighted by molar-refractivity contribution is 5.59. The first-order chi connectivity index (χ1) is 7.69. The van der Waals surface area contributed by atoms with E-state index in [-0.39, 0.29) is 0 Å². The van der Waals surface area contributed by atoms with Crippen LogP contribution in [0.4, 0.5) is 0 Å². The molecule has 0 heteroatoms. The van der Waals surface area contributed by atoms with Crippen molar-refractivity contribution in [2.45, 2.75) is 60.8 Å². The van der Waals surface area contributed by atoms with Crippen molar-refractivity contribution in [3.8, 4) is 0 Å². The van der Waals surface area contributed by atoms with Crippen LogP contribution in [0.15, 0.2) is 22.3 Å². The lowest BCUT2D eigenvalue weighted by Crippen LogP contribution is -2.19. The third kappa shape index (κ3) is 1.49.